The molecule has 0 saturated carbocycles. The molecule has 0 saturated heterocycles. The normalized spacial score (nSPS) is 14.0. The topological polar surface area (TPSA) is 59.6 Å². The summed E-state index contributed by atoms with van der Waals surface area (Å²) in [6.07, 6.45) is -11.3. The molecule has 1 aromatic carbocycles. The molecule has 1 aromatic rings. The highest BCUT2D eigenvalue weighted by molar-refractivity contribution is 5.74. The van der Waals surface area contributed by atoms with E-state index in [1.165, 1.54) is 18.2 Å². The van der Waals surface area contributed by atoms with E-state index in [1.54, 1.807) is 0 Å². The smallest absolute Gasteiger partial charge is 0.417 e. The minimum atomic E-state index is -5.64. The lowest BCUT2D eigenvalue weighted by Gasteiger charge is -2.23. The van der Waals surface area contributed by atoms with Gasteiger partial charge >= 0.3 is 18.4 Å². The number of carbonyl (C=O) groups is 1. The zero-order valence-electron chi connectivity index (χ0n) is 11.2. The summed E-state index contributed by atoms with van der Waals surface area (Å²) in [5, 5.41) is 2.78. The van der Waals surface area contributed by atoms with Crippen LogP contribution in [0.2, 0.25) is 0 Å². The highest BCUT2D eigenvalue weighted by Crippen LogP contribution is 2.33. The van der Waals surface area contributed by atoms with E-state index in [2.05, 4.69) is 0 Å². The molecule has 0 fully saturated rings. The SMILES string of the molecule is O=C(NCc1ccc2c(c1)OCO2)NC(C(F)(F)F)C(F)(F)F. The van der Waals surface area contributed by atoms with Crippen molar-refractivity contribution < 1.29 is 40.6 Å². The monoisotopic (exact) mass is 344 g/mol. The van der Waals surface area contributed by atoms with Gasteiger partial charge in [0.05, 0.1) is 0 Å². The fourth-order valence-electron chi connectivity index (χ4n) is 1.76. The summed E-state index contributed by atoms with van der Waals surface area (Å²) < 4.78 is 83.9. The third-order valence-electron chi connectivity index (χ3n) is 2.82. The van der Waals surface area contributed by atoms with E-state index >= 15 is 0 Å². The average molecular weight is 344 g/mol. The van der Waals surface area contributed by atoms with E-state index in [-0.39, 0.29) is 13.3 Å². The molecule has 2 rings (SSSR count). The number of ether oxygens (including phenoxy) is 2. The Bertz CT molecular complexity index is 573. The molecule has 0 spiro atoms. The van der Waals surface area contributed by atoms with E-state index in [4.69, 9.17) is 9.47 Å². The van der Waals surface area contributed by atoms with Crippen molar-refractivity contribution in [2.75, 3.05) is 6.79 Å². The molecule has 0 aliphatic carbocycles. The first-order valence-corrected chi connectivity index (χ1v) is 6.13. The minimum absolute atomic E-state index is 0.00550. The number of nitrogens with one attached hydrogen (secondary N) is 2. The van der Waals surface area contributed by atoms with Gasteiger partial charge < -0.3 is 20.1 Å². The molecule has 5 nitrogen and oxygen atoms in total. The fraction of sp³-hybridized carbons (Fsp3) is 0.417. The molecule has 0 aromatic heterocycles. The van der Waals surface area contributed by atoms with Gasteiger partial charge in [0, 0.05) is 6.54 Å². The molecule has 0 unspecified atom stereocenters. The molecule has 2 N–H and O–H groups in total. The maximum atomic E-state index is 12.3. The van der Waals surface area contributed by atoms with Gasteiger partial charge in [-0.05, 0) is 17.7 Å². The summed E-state index contributed by atoms with van der Waals surface area (Å²) in [5.74, 6) is 0.820. The maximum Gasteiger partial charge on any atom is 0.417 e. The van der Waals surface area contributed by atoms with Crippen molar-refractivity contribution in [2.45, 2.75) is 24.9 Å². The summed E-state index contributed by atoms with van der Waals surface area (Å²) in [5.41, 5.74) is 0.417. The largest absolute Gasteiger partial charge is 0.454 e. The molecule has 0 atom stereocenters. The van der Waals surface area contributed by atoms with Crippen molar-refractivity contribution in [3.63, 3.8) is 0 Å². The number of halogens is 6. The number of rotatable bonds is 3. The second-order valence-corrected chi connectivity index (χ2v) is 4.53. The summed E-state index contributed by atoms with van der Waals surface area (Å²) in [4.78, 5) is 11.3. The number of fused-ring (bicyclic) bond motifs is 1. The maximum absolute atomic E-state index is 12.3. The van der Waals surface area contributed by atoms with Crippen molar-refractivity contribution in [3.8, 4) is 11.5 Å². The van der Waals surface area contributed by atoms with Crippen molar-refractivity contribution in [1.29, 1.82) is 0 Å². The molecule has 0 radical (unpaired) electrons. The van der Waals surface area contributed by atoms with E-state index in [0.717, 1.165) is 5.32 Å². The number of hydrogen-bond donors (Lipinski definition) is 2. The lowest BCUT2D eigenvalue weighted by molar-refractivity contribution is -0.255. The third kappa shape index (κ3) is 4.33. The molecular weight excluding hydrogens is 334 g/mol. The summed E-state index contributed by atoms with van der Waals surface area (Å²) >= 11 is 0. The molecule has 1 aliphatic rings. The number of benzene rings is 1. The van der Waals surface area contributed by atoms with Crippen molar-refractivity contribution in [3.05, 3.63) is 23.8 Å². The Morgan fingerprint density at radius 2 is 1.70 bits per heavy atom. The van der Waals surface area contributed by atoms with Crippen LogP contribution >= 0.6 is 0 Å². The quantitative estimate of drug-likeness (QED) is 0.829. The Kier molecular flexibility index (Phi) is 4.48. The highest BCUT2D eigenvalue weighted by Gasteiger charge is 2.57. The fourth-order valence-corrected chi connectivity index (χ4v) is 1.76. The summed E-state index contributed by atoms with van der Waals surface area (Å²) in [6, 6.07) is -1.09. The lowest BCUT2D eigenvalue weighted by Crippen LogP contribution is -2.56. The number of hydrogen-bond acceptors (Lipinski definition) is 3. The minimum Gasteiger partial charge on any atom is -0.454 e. The van der Waals surface area contributed by atoms with Crippen LogP contribution in [-0.2, 0) is 6.54 Å². The lowest BCUT2D eigenvalue weighted by atomic mass is 10.2. The number of amides is 2. The van der Waals surface area contributed by atoms with Crippen molar-refractivity contribution in [2.24, 2.45) is 0 Å². The first-order valence-electron chi connectivity index (χ1n) is 6.13. The predicted octanol–water partition coefficient (Wildman–Crippen LogP) is 2.71. The van der Waals surface area contributed by atoms with Crippen LogP contribution in [-0.4, -0.2) is 31.2 Å². The molecule has 11 heteroatoms. The Balaban J connectivity index is 1.94. The molecule has 0 bridgehead atoms. The standard InChI is InChI=1S/C12H10F6N2O3/c13-11(14,15)9(12(16,17)18)20-10(21)19-4-6-1-2-7-8(3-6)23-5-22-7/h1-3,9H,4-5H2,(H2,19,20,21). The first-order chi connectivity index (χ1) is 10.6. The first kappa shape index (κ1) is 17.0. The highest BCUT2D eigenvalue weighted by atomic mass is 19.4. The molecule has 1 heterocycles. The Morgan fingerprint density at radius 1 is 1.09 bits per heavy atom. The Morgan fingerprint density at radius 3 is 2.30 bits per heavy atom. The van der Waals surface area contributed by atoms with Crippen LogP contribution in [0.1, 0.15) is 5.56 Å². The van der Waals surface area contributed by atoms with E-state index in [9.17, 15) is 31.1 Å². The van der Waals surface area contributed by atoms with Crippen molar-refractivity contribution >= 4 is 6.03 Å². The van der Waals surface area contributed by atoms with Crippen LogP contribution in [0.5, 0.6) is 11.5 Å². The summed E-state index contributed by atoms with van der Waals surface area (Å²) in [7, 11) is 0. The van der Waals surface area contributed by atoms with Crippen molar-refractivity contribution in [1.82, 2.24) is 10.6 Å². The van der Waals surface area contributed by atoms with Gasteiger partial charge in [-0.25, -0.2) is 4.79 Å². The van der Waals surface area contributed by atoms with Gasteiger partial charge in [0.1, 0.15) is 0 Å². The van der Waals surface area contributed by atoms with E-state index < -0.39 is 24.4 Å². The van der Waals surface area contributed by atoms with Crippen LogP contribution in [0.3, 0.4) is 0 Å². The molecule has 1 aliphatic heterocycles. The second-order valence-electron chi connectivity index (χ2n) is 4.53. The zero-order valence-corrected chi connectivity index (χ0v) is 11.2. The van der Waals surface area contributed by atoms with Gasteiger partial charge in [0.15, 0.2) is 11.5 Å². The van der Waals surface area contributed by atoms with Gasteiger partial charge in [0.2, 0.25) is 12.8 Å². The number of alkyl halides is 6. The van der Waals surface area contributed by atoms with E-state index in [1.807, 2.05) is 5.32 Å². The Hall–Kier alpha value is -2.33. The van der Waals surface area contributed by atoms with E-state index in [0.29, 0.717) is 17.1 Å². The van der Waals surface area contributed by atoms with Crippen LogP contribution in [0.25, 0.3) is 0 Å². The van der Waals surface area contributed by atoms with Crippen LogP contribution in [0.15, 0.2) is 18.2 Å². The second kappa shape index (κ2) is 6.05. The predicted molar refractivity (Wildman–Crippen MR) is 63.8 cm³/mol. The molecule has 128 valence electrons. The van der Waals surface area contributed by atoms with Crippen LogP contribution in [0.4, 0.5) is 31.1 Å². The van der Waals surface area contributed by atoms with Crippen LogP contribution in [0, 0.1) is 0 Å². The van der Waals surface area contributed by atoms with Crippen LogP contribution < -0.4 is 20.1 Å². The van der Waals surface area contributed by atoms with Gasteiger partial charge in [-0.3, -0.25) is 0 Å². The Labute approximate surface area is 125 Å². The average Bonchev–Trinajstić information content (AvgIpc) is 2.87. The summed E-state index contributed by atoms with van der Waals surface area (Å²) in [6.45, 7) is -0.281. The van der Waals surface area contributed by atoms with Gasteiger partial charge in [-0.2, -0.15) is 26.3 Å². The zero-order chi connectivity index (χ0) is 17.3. The third-order valence-corrected chi connectivity index (χ3v) is 2.82. The number of urea groups is 1. The number of carbonyl (C=O) groups excluding carboxylic acids is 1. The van der Waals surface area contributed by atoms with Gasteiger partial charge in [0.25, 0.3) is 0 Å². The molecular formula is C12H10F6N2O3. The molecule has 23 heavy (non-hydrogen) atoms. The van der Waals surface area contributed by atoms with Gasteiger partial charge in [-0.1, -0.05) is 6.07 Å². The molecule has 2 amide bonds. The van der Waals surface area contributed by atoms with Gasteiger partial charge in [-0.15, -0.1) is 0 Å².